The first-order valence-corrected chi connectivity index (χ1v) is 9.24. The normalized spacial score (nSPS) is 10.5. The van der Waals surface area contributed by atoms with Gasteiger partial charge in [0.05, 0.1) is 12.2 Å². The molecule has 3 aromatic carbocycles. The van der Waals surface area contributed by atoms with Crippen molar-refractivity contribution in [2.45, 2.75) is 13.5 Å². The van der Waals surface area contributed by atoms with Crippen molar-refractivity contribution < 1.29 is 4.79 Å². The van der Waals surface area contributed by atoms with E-state index in [1.54, 1.807) is 16.8 Å². The van der Waals surface area contributed by atoms with Crippen molar-refractivity contribution >= 4 is 17.3 Å². The standard InChI is InChI=1S/C22H20N6O/c1-16-12-13-18(24-22(29)17-8-4-2-5-9-17)14-20(16)23-15-21-25-26-27-28(21)19-10-6-3-7-11-19/h2-14,23H,15H2,1H3,(H,24,29). The molecule has 0 fully saturated rings. The molecular weight excluding hydrogens is 364 g/mol. The number of nitrogens with zero attached hydrogens (tertiary/aromatic N) is 4. The number of aryl methyl sites for hydroxylation is 1. The summed E-state index contributed by atoms with van der Waals surface area (Å²) in [5.41, 5.74) is 4.19. The maximum atomic E-state index is 12.4. The van der Waals surface area contributed by atoms with E-state index in [2.05, 4.69) is 26.2 Å². The Bertz CT molecular complexity index is 1110. The van der Waals surface area contributed by atoms with Gasteiger partial charge in [-0.2, -0.15) is 4.68 Å². The Morgan fingerprint density at radius 3 is 2.45 bits per heavy atom. The van der Waals surface area contributed by atoms with Gasteiger partial charge in [-0.3, -0.25) is 4.79 Å². The second kappa shape index (κ2) is 8.35. The van der Waals surface area contributed by atoms with Crippen LogP contribution in [0, 0.1) is 6.92 Å². The van der Waals surface area contributed by atoms with E-state index in [0.717, 1.165) is 22.6 Å². The number of nitrogens with one attached hydrogen (secondary N) is 2. The van der Waals surface area contributed by atoms with Crippen LogP contribution in [0.1, 0.15) is 21.7 Å². The van der Waals surface area contributed by atoms with Crippen molar-refractivity contribution in [3.05, 3.63) is 95.8 Å². The van der Waals surface area contributed by atoms with Crippen LogP contribution in [0.15, 0.2) is 78.9 Å². The SMILES string of the molecule is Cc1ccc(NC(=O)c2ccccc2)cc1NCc1nnnn1-c1ccccc1. The second-order valence-corrected chi connectivity index (χ2v) is 6.55. The average Bonchev–Trinajstić information content (AvgIpc) is 3.24. The zero-order valence-electron chi connectivity index (χ0n) is 15.9. The van der Waals surface area contributed by atoms with Gasteiger partial charge in [-0.25, -0.2) is 0 Å². The summed E-state index contributed by atoms with van der Waals surface area (Å²) in [7, 11) is 0. The monoisotopic (exact) mass is 384 g/mol. The van der Waals surface area contributed by atoms with E-state index in [1.807, 2.05) is 73.7 Å². The van der Waals surface area contributed by atoms with Crippen molar-refractivity contribution in [1.29, 1.82) is 0 Å². The van der Waals surface area contributed by atoms with Crippen LogP contribution in [0.5, 0.6) is 0 Å². The van der Waals surface area contributed by atoms with Crippen LogP contribution >= 0.6 is 0 Å². The highest BCUT2D eigenvalue weighted by Gasteiger charge is 2.10. The summed E-state index contributed by atoms with van der Waals surface area (Å²) in [6, 6.07) is 24.6. The molecule has 0 unspecified atom stereocenters. The third-order valence-corrected chi connectivity index (χ3v) is 4.50. The molecule has 0 spiro atoms. The number of rotatable bonds is 6. The van der Waals surface area contributed by atoms with Gasteiger partial charge >= 0.3 is 0 Å². The lowest BCUT2D eigenvalue weighted by molar-refractivity contribution is 0.102. The van der Waals surface area contributed by atoms with Gasteiger partial charge in [-0.15, -0.1) is 5.10 Å². The van der Waals surface area contributed by atoms with E-state index < -0.39 is 0 Å². The number of carbonyl (C=O) groups excluding carboxylic acids is 1. The maximum Gasteiger partial charge on any atom is 0.255 e. The molecule has 0 radical (unpaired) electrons. The van der Waals surface area contributed by atoms with E-state index in [4.69, 9.17) is 0 Å². The molecule has 0 saturated heterocycles. The number of tetrazole rings is 1. The molecule has 0 bridgehead atoms. The summed E-state index contributed by atoms with van der Waals surface area (Å²) in [6.45, 7) is 2.45. The Morgan fingerprint density at radius 2 is 1.69 bits per heavy atom. The summed E-state index contributed by atoms with van der Waals surface area (Å²) in [4.78, 5) is 12.4. The van der Waals surface area contributed by atoms with Gasteiger partial charge in [-0.1, -0.05) is 42.5 Å². The molecule has 1 amide bonds. The highest BCUT2D eigenvalue weighted by molar-refractivity contribution is 6.04. The third-order valence-electron chi connectivity index (χ3n) is 4.50. The Morgan fingerprint density at radius 1 is 0.966 bits per heavy atom. The van der Waals surface area contributed by atoms with E-state index >= 15 is 0 Å². The molecule has 0 saturated carbocycles. The van der Waals surface area contributed by atoms with Crippen LogP contribution in [0.2, 0.25) is 0 Å². The van der Waals surface area contributed by atoms with Gasteiger partial charge in [0.25, 0.3) is 5.91 Å². The Labute approximate surface area is 168 Å². The fourth-order valence-corrected chi connectivity index (χ4v) is 2.94. The predicted molar refractivity (Wildman–Crippen MR) is 112 cm³/mol. The summed E-state index contributed by atoms with van der Waals surface area (Å²) in [6.07, 6.45) is 0. The molecule has 0 aliphatic rings. The maximum absolute atomic E-state index is 12.4. The lowest BCUT2D eigenvalue weighted by Crippen LogP contribution is -2.12. The van der Waals surface area contributed by atoms with E-state index in [1.165, 1.54) is 0 Å². The highest BCUT2D eigenvalue weighted by Crippen LogP contribution is 2.21. The second-order valence-electron chi connectivity index (χ2n) is 6.55. The molecule has 1 aromatic heterocycles. The van der Waals surface area contributed by atoms with Gasteiger partial charge in [0, 0.05) is 16.9 Å². The van der Waals surface area contributed by atoms with E-state index in [-0.39, 0.29) is 5.91 Å². The number of aromatic nitrogens is 4. The number of benzene rings is 3. The topological polar surface area (TPSA) is 84.7 Å². The first kappa shape index (κ1) is 18.4. The van der Waals surface area contributed by atoms with Gasteiger partial charge in [-0.05, 0) is 59.3 Å². The molecule has 29 heavy (non-hydrogen) atoms. The lowest BCUT2D eigenvalue weighted by Gasteiger charge is -2.12. The summed E-state index contributed by atoms with van der Waals surface area (Å²) in [5, 5.41) is 18.3. The van der Waals surface area contributed by atoms with E-state index in [0.29, 0.717) is 17.9 Å². The van der Waals surface area contributed by atoms with Crippen LogP contribution in [-0.4, -0.2) is 26.1 Å². The number of para-hydroxylation sites is 1. The summed E-state index contributed by atoms with van der Waals surface area (Å²) in [5.74, 6) is 0.544. The van der Waals surface area contributed by atoms with Crippen molar-refractivity contribution in [3.8, 4) is 5.69 Å². The Balaban J connectivity index is 1.48. The highest BCUT2D eigenvalue weighted by atomic mass is 16.1. The van der Waals surface area contributed by atoms with Crippen LogP contribution in [0.25, 0.3) is 5.69 Å². The predicted octanol–water partition coefficient (Wildman–Crippen LogP) is 3.84. The first-order valence-electron chi connectivity index (χ1n) is 9.24. The van der Waals surface area contributed by atoms with Crippen molar-refractivity contribution in [3.63, 3.8) is 0 Å². The fourth-order valence-electron chi connectivity index (χ4n) is 2.94. The number of anilines is 2. The number of carbonyl (C=O) groups is 1. The minimum absolute atomic E-state index is 0.145. The quantitative estimate of drug-likeness (QED) is 0.528. The molecule has 1 heterocycles. The Hall–Kier alpha value is -4.00. The molecule has 4 rings (SSSR count). The zero-order chi connectivity index (χ0) is 20.1. The van der Waals surface area contributed by atoms with Crippen LogP contribution in [0.4, 0.5) is 11.4 Å². The summed E-state index contributed by atoms with van der Waals surface area (Å²) < 4.78 is 1.70. The van der Waals surface area contributed by atoms with Gasteiger partial charge in [0.1, 0.15) is 0 Å². The molecule has 2 N–H and O–H groups in total. The summed E-state index contributed by atoms with van der Waals surface area (Å²) >= 11 is 0. The van der Waals surface area contributed by atoms with Crippen molar-refractivity contribution in [2.24, 2.45) is 0 Å². The van der Waals surface area contributed by atoms with Gasteiger partial charge in [0.2, 0.25) is 0 Å². The first-order chi connectivity index (χ1) is 14.2. The number of hydrogen-bond acceptors (Lipinski definition) is 5. The fraction of sp³-hybridized carbons (Fsp3) is 0.0909. The zero-order valence-corrected chi connectivity index (χ0v) is 15.9. The third kappa shape index (κ3) is 4.30. The largest absolute Gasteiger partial charge is 0.377 e. The van der Waals surface area contributed by atoms with E-state index in [9.17, 15) is 4.79 Å². The molecule has 0 aliphatic heterocycles. The molecule has 7 nitrogen and oxygen atoms in total. The average molecular weight is 384 g/mol. The molecule has 4 aromatic rings. The Kier molecular flexibility index (Phi) is 5.29. The van der Waals surface area contributed by atoms with Crippen LogP contribution in [0.3, 0.4) is 0 Å². The lowest BCUT2D eigenvalue weighted by atomic mass is 10.1. The molecule has 144 valence electrons. The molecule has 7 heteroatoms. The van der Waals surface area contributed by atoms with Gasteiger partial charge < -0.3 is 10.6 Å². The molecule has 0 aliphatic carbocycles. The van der Waals surface area contributed by atoms with Crippen molar-refractivity contribution in [2.75, 3.05) is 10.6 Å². The minimum atomic E-state index is -0.145. The minimum Gasteiger partial charge on any atom is -0.377 e. The molecule has 0 atom stereocenters. The van der Waals surface area contributed by atoms with Crippen LogP contribution < -0.4 is 10.6 Å². The van der Waals surface area contributed by atoms with Gasteiger partial charge in [0.15, 0.2) is 5.82 Å². The molecular formula is C22H20N6O. The smallest absolute Gasteiger partial charge is 0.255 e. The number of amides is 1. The van der Waals surface area contributed by atoms with Crippen molar-refractivity contribution in [1.82, 2.24) is 20.2 Å². The van der Waals surface area contributed by atoms with Crippen LogP contribution in [-0.2, 0) is 6.54 Å². The number of hydrogen-bond donors (Lipinski definition) is 2.